The molecular formula is C14H15ClN2O4. The minimum absolute atomic E-state index is 0.0507. The van der Waals surface area contributed by atoms with Gasteiger partial charge in [-0.15, -0.1) is 0 Å². The van der Waals surface area contributed by atoms with E-state index in [0.717, 1.165) is 5.56 Å². The molecule has 2 rings (SSSR count). The van der Waals surface area contributed by atoms with E-state index >= 15 is 0 Å². The number of ether oxygens (including phenoxy) is 2. The summed E-state index contributed by atoms with van der Waals surface area (Å²) in [5.41, 5.74) is 1.89. The molecule has 0 unspecified atom stereocenters. The predicted molar refractivity (Wildman–Crippen MR) is 78.5 cm³/mol. The molecule has 0 fully saturated rings. The smallest absolute Gasteiger partial charge is 0.356 e. The summed E-state index contributed by atoms with van der Waals surface area (Å²) in [5, 5.41) is 13.4. The molecule has 0 saturated carbocycles. The van der Waals surface area contributed by atoms with Gasteiger partial charge in [-0.3, -0.25) is 4.68 Å². The topological polar surface area (TPSA) is 73.6 Å². The Morgan fingerprint density at radius 2 is 2.00 bits per heavy atom. The summed E-state index contributed by atoms with van der Waals surface area (Å²) in [6, 6.07) is 3.22. The first-order valence-electron chi connectivity index (χ1n) is 6.09. The molecule has 21 heavy (non-hydrogen) atoms. The molecule has 0 atom stereocenters. The third-order valence-electron chi connectivity index (χ3n) is 3.22. The molecule has 1 heterocycles. The van der Waals surface area contributed by atoms with Gasteiger partial charge in [0.25, 0.3) is 0 Å². The number of aryl methyl sites for hydroxylation is 1. The number of carboxylic acids is 1. The molecular weight excluding hydrogens is 296 g/mol. The fourth-order valence-electron chi connectivity index (χ4n) is 2.13. The highest BCUT2D eigenvalue weighted by atomic mass is 35.5. The van der Waals surface area contributed by atoms with Crippen LogP contribution in [-0.4, -0.2) is 35.1 Å². The molecule has 0 amide bonds. The van der Waals surface area contributed by atoms with Crippen molar-refractivity contribution in [1.29, 1.82) is 0 Å². The number of hydrogen-bond acceptors (Lipinski definition) is 4. The van der Waals surface area contributed by atoms with Gasteiger partial charge in [0.2, 0.25) is 0 Å². The summed E-state index contributed by atoms with van der Waals surface area (Å²) in [6.45, 7) is 1.82. The van der Waals surface area contributed by atoms with Crippen molar-refractivity contribution in [2.75, 3.05) is 14.2 Å². The summed E-state index contributed by atoms with van der Waals surface area (Å²) in [4.78, 5) is 11.0. The van der Waals surface area contributed by atoms with Crippen LogP contribution in [0, 0.1) is 6.92 Å². The number of carbonyl (C=O) groups is 1. The lowest BCUT2D eigenvalue weighted by atomic mass is 10.1. The first-order chi connectivity index (χ1) is 9.90. The average molecular weight is 311 g/mol. The maximum absolute atomic E-state index is 11.0. The summed E-state index contributed by atoms with van der Waals surface area (Å²) in [7, 11) is 4.70. The van der Waals surface area contributed by atoms with Crippen LogP contribution in [0.3, 0.4) is 0 Å². The largest absolute Gasteiger partial charge is 0.496 e. The molecule has 0 aliphatic rings. The van der Waals surface area contributed by atoms with E-state index in [1.54, 1.807) is 20.2 Å². The normalized spacial score (nSPS) is 10.5. The van der Waals surface area contributed by atoms with Crippen LogP contribution in [0.4, 0.5) is 0 Å². The number of aromatic carboxylic acids is 1. The third-order valence-corrected chi connectivity index (χ3v) is 3.67. The van der Waals surface area contributed by atoms with Gasteiger partial charge in [0.15, 0.2) is 5.69 Å². The standard InChI is InChI=1S/C14H15ClN2O4/c1-7-11(20-3)5-8(13(21-4)12(7)15)10-6-9(14(18)19)16-17(10)2/h5-6H,1-4H3,(H,18,19). The van der Waals surface area contributed by atoms with Gasteiger partial charge in [-0.25, -0.2) is 4.79 Å². The number of aromatic nitrogens is 2. The molecule has 0 bridgehead atoms. The lowest BCUT2D eigenvalue weighted by molar-refractivity contribution is 0.0689. The van der Waals surface area contributed by atoms with Gasteiger partial charge in [0.05, 0.1) is 24.9 Å². The molecule has 1 N–H and O–H groups in total. The van der Waals surface area contributed by atoms with Gasteiger partial charge >= 0.3 is 5.97 Å². The number of methoxy groups -OCH3 is 2. The SMILES string of the molecule is COc1cc(-c2cc(C(=O)O)nn2C)c(OC)c(Cl)c1C. The van der Waals surface area contributed by atoms with Crippen molar-refractivity contribution in [2.24, 2.45) is 7.05 Å². The van der Waals surface area contributed by atoms with Gasteiger partial charge in [-0.2, -0.15) is 5.10 Å². The zero-order chi connectivity index (χ0) is 15.7. The molecule has 0 radical (unpaired) electrons. The van der Waals surface area contributed by atoms with Crippen molar-refractivity contribution in [1.82, 2.24) is 9.78 Å². The van der Waals surface area contributed by atoms with E-state index in [4.69, 9.17) is 26.2 Å². The molecule has 0 spiro atoms. The van der Waals surface area contributed by atoms with E-state index in [2.05, 4.69) is 5.10 Å². The van der Waals surface area contributed by atoms with E-state index in [-0.39, 0.29) is 5.69 Å². The summed E-state index contributed by atoms with van der Waals surface area (Å²) in [5.74, 6) is -0.0511. The summed E-state index contributed by atoms with van der Waals surface area (Å²) in [6.07, 6.45) is 0. The van der Waals surface area contributed by atoms with Crippen LogP contribution in [0.2, 0.25) is 5.02 Å². The molecule has 6 nitrogen and oxygen atoms in total. The van der Waals surface area contributed by atoms with Gasteiger partial charge in [0, 0.05) is 18.2 Å². The van der Waals surface area contributed by atoms with Crippen molar-refractivity contribution >= 4 is 17.6 Å². The highest BCUT2D eigenvalue weighted by Crippen LogP contribution is 2.42. The monoisotopic (exact) mass is 310 g/mol. The second kappa shape index (κ2) is 5.65. The predicted octanol–water partition coefficient (Wildman–Crippen LogP) is 2.76. The Morgan fingerprint density at radius 1 is 1.33 bits per heavy atom. The van der Waals surface area contributed by atoms with Crippen molar-refractivity contribution < 1.29 is 19.4 Å². The number of halogens is 1. The first kappa shape index (κ1) is 15.2. The molecule has 0 aliphatic heterocycles. The van der Waals surface area contributed by atoms with E-state index < -0.39 is 5.97 Å². The number of hydrogen-bond donors (Lipinski definition) is 1. The highest BCUT2D eigenvalue weighted by Gasteiger charge is 2.21. The van der Waals surface area contributed by atoms with Crippen molar-refractivity contribution in [3.8, 4) is 22.8 Å². The second-order valence-corrected chi connectivity index (χ2v) is 4.82. The van der Waals surface area contributed by atoms with Crippen LogP contribution in [0.1, 0.15) is 16.1 Å². The van der Waals surface area contributed by atoms with Crippen LogP contribution < -0.4 is 9.47 Å². The van der Waals surface area contributed by atoms with Crippen LogP contribution in [0.25, 0.3) is 11.3 Å². The first-order valence-corrected chi connectivity index (χ1v) is 6.47. The lowest BCUT2D eigenvalue weighted by Crippen LogP contribution is -2.00. The number of rotatable bonds is 4. The molecule has 7 heteroatoms. The van der Waals surface area contributed by atoms with Crippen LogP contribution in [-0.2, 0) is 7.05 Å². The van der Waals surface area contributed by atoms with Crippen molar-refractivity contribution in [3.63, 3.8) is 0 Å². The Labute approximate surface area is 126 Å². The average Bonchev–Trinajstić information content (AvgIpc) is 2.83. The quantitative estimate of drug-likeness (QED) is 0.940. The Balaban J connectivity index is 2.73. The minimum Gasteiger partial charge on any atom is -0.496 e. The fraction of sp³-hybridized carbons (Fsp3) is 0.286. The fourth-order valence-corrected chi connectivity index (χ4v) is 2.40. The van der Waals surface area contributed by atoms with E-state index in [9.17, 15) is 4.79 Å². The number of nitrogens with zero attached hydrogens (tertiary/aromatic N) is 2. The Hall–Kier alpha value is -2.21. The lowest BCUT2D eigenvalue weighted by Gasteiger charge is -2.15. The van der Waals surface area contributed by atoms with Crippen molar-refractivity contribution in [3.05, 3.63) is 28.4 Å². The van der Waals surface area contributed by atoms with Crippen LogP contribution in [0.15, 0.2) is 12.1 Å². The third kappa shape index (κ3) is 2.54. The number of benzene rings is 1. The van der Waals surface area contributed by atoms with E-state index in [1.807, 2.05) is 6.92 Å². The Morgan fingerprint density at radius 3 is 2.48 bits per heavy atom. The molecule has 112 valence electrons. The van der Waals surface area contributed by atoms with Crippen LogP contribution in [0.5, 0.6) is 11.5 Å². The molecule has 0 saturated heterocycles. The van der Waals surface area contributed by atoms with Gasteiger partial charge in [-0.1, -0.05) is 11.6 Å². The van der Waals surface area contributed by atoms with E-state index in [1.165, 1.54) is 17.9 Å². The van der Waals surface area contributed by atoms with Gasteiger partial charge < -0.3 is 14.6 Å². The number of carboxylic acid groups (broad SMARTS) is 1. The van der Waals surface area contributed by atoms with Gasteiger partial charge in [0.1, 0.15) is 11.5 Å². The zero-order valence-corrected chi connectivity index (χ0v) is 12.9. The summed E-state index contributed by atoms with van der Waals surface area (Å²) >= 11 is 6.30. The minimum atomic E-state index is -1.10. The van der Waals surface area contributed by atoms with Gasteiger partial charge in [-0.05, 0) is 19.1 Å². The zero-order valence-electron chi connectivity index (χ0n) is 12.1. The molecule has 1 aromatic carbocycles. The van der Waals surface area contributed by atoms with E-state index in [0.29, 0.717) is 27.8 Å². The van der Waals surface area contributed by atoms with Crippen LogP contribution >= 0.6 is 11.6 Å². The maximum Gasteiger partial charge on any atom is 0.356 e. The molecule has 0 aliphatic carbocycles. The summed E-state index contributed by atoms with van der Waals surface area (Å²) < 4.78 is 12.1. The van der Waals surface area contributed by atoms with Crippen molar-refractivity contribution in [2.45, 2.75) is 6.92 Å². The Kier molecular flexibility index (Phi) is 4.09. The molecule has 2 aromatic rings. The highest BCUT2D eigenvalue weighted by molar-refractivity contribution is 6.33. The molecule has 1 aromatic heterocycles. The Bertz CT molecular complexity index is 709. The maximum atomic E-state index is 11.0. The second-order valence-electron chi connectivity index (χ2n) is 4.44.